The van der Waals surface area contributed by atoms with Crippen LogP contribution >= 0.6 is 0 Å². The highest BCUT2D eigenvalue weighted by molar-refractivity contribution is 6.26. The normalized spacial score (nSPS) is 14.8. The molecule has 31 heavy (non-hydrogen) atoms. The molecule has 3 aromatic carbocycles. The standard InChI is InChI=1S/C27H21FO2.H2O/c1-18(29)25(20-10-6-3-7-11-20)24-17-16-23(19-8-4-2-5-9-19)26(24)27(30)21-12-14-22(28)15-13-21;/h2-15H,16-17H2,1H3;1H2/b25-24+;. The SMILES string of the molecule is CC(=O)/C(=C1/CCC(c2ccccc2)=C1C(=O)c1ccc(F)cc1)c1ccccc1.O. The maximum absolute atomic E-state index is 13.6. The Kier molecular flexibility index (Phi) is 6.73. The van der Waals surface area contributed by atoms with Crippen LogP contribution in [0.25, 0.3) is 11.1 Å². The van der Waals surface area contributed by atoms with Crippen LogP contribution in [0.4, 0.5) is 4.39 Å². The summed E-state index contributed by atoms with van der Waals surface area (Å²) >= 11 is 0. The second kappa shape index (κ2) is 9.45. The van der Waals surface area contributed by atoms with Gasteiger partial charge < -0.3 is 5.48 Å². The number of hydrogen-bond acceptors (Lipinski definition) is 2. The van der Waals surface area contributed by atoms with Crippen LogP contribution in [0, 0.1) is 5.82 Å². The van der Waals surface area contributed by atoms with Gasteiger partial charge in [0.1, 0.15) is 5.82 Å². The average molecular weight is 414 g/mol. The number of ketones is 2. The molecule has 0 radical (unpaired) electrons. The van der Waals surface area contributed by atoms with Crippen molar-refractivity contribution in [2.45, 2.75) is 19.8 Å². The van der Waals surface area contributed by atoms with E-state index in [2.05, 4.69) is 0 Å². The number of allylic oxidation sites excluding steroid dienone is 4. The summed E-state index contributed by atoms with van der Waals surface area (Å²) in [4.78, 5) is 26.3. The van der Waals surface area contributed by atoms with Gasteiger partial charge in [0.25, 0.3) is 0 Å². The first-order chi connectivity index (χ1) is 14.6. The monoisotopic (exact) mass is 414 g/mol. The van der Waals surface area contributed by atoms with E-state index >= 15 is 0 Å². The zero-order valence-corrected chi connectivity index (χ0v) is 17.2. The van der Waals surface area contributed by atoms with Crippen LogP contribution in [0.2, 0.25) is 0 Å². The van der Waals surface area contributed by atoms with E-state index in [9.17, 15) is 14.0 Å². The summed E-state index contributed by atoms with van der Waals surface area (Å²) in [5.74, 6) is -0.648. The van der Waals surface area contributed by atoms with Crippen LogP contribution in [-0.2, 0) is 4.79 Å². The Morgan fingerprint density at radius 1 is 0.742 bits per heavy atom. The van der Waals surface area contributed by atoms with Gasteiger partial charge in [0.05, 0.1) is 0 Å². The quantitative estimate of drug-likeness (QED) is 0.410. The van der Waals surface area contributed by atoms with Gasteiger partial charge in [-0.2, -0.15) is 0 Å². The lowest BCUT2D eigenvalue weighted by molar-refractivity contribution is -0.111. The van der Waals surface area contributed by atoms with Crippen molar-refractivity contribution < 1.29 is 19.5 Å². The summed E-state index contributed by atoms with van der Waals surface area (Å²) in [6.07, 6.45) is 1.28. The van der Waals surface area contributed by atoms with Crippen molar-refractivity contribution in [1.82, 2.24) is 0 Å². The first-order valence-electron chi connectivity index (χ1n) is 9.95. The highest BCUT2D eigenvalue weighted by Gasteiger charge is 2.31. The Bertz CT molecular complexity index is 1160. The molecule has 0 bridgehead atoms. The first kappa shape index (κ1) is 22.1. The van der Waals surface area contributed by atoms with Crippen molar-refractivity contribution in [2.75, 3.05) is 0 Å². The van der Waals surface area contributed by atoms with Gasteiger partial charge in [-0.05, 0) is 66.3 Å². The third kappa shape index (κ3) is 4.44. The van der Waals surface area contributed by atoms with Gasteiger partial charge in [-0.25, -0.2) is 4.39 Å². The highest BCUT2D eigenvalue weighted by Crippen LogP contribution is 2.43. The first-order valence-corrected chi connectivity index (χ1v) is 9.95. The number of carbonyl (C=O) groups is 2. The lowest BCUT2D eigenvalue weighted by Crippen LogP contribution is -2.09. The summed E-state index contributed by atoms with van der Waals surface area (Å²) in [5, 5.41) is 0. The van der Waals surface area contributed by atoms with Crippen molar-refractivity contribution in [3.8, 4) is 0 Å². The number of carbonyl (C=O) groups excluding carboxylic acids is 2. The highest BCUT2D eigenvalue weighted by atomic mass is 19.1. The lowest BCUT2D eigenvalue weighted by Gasteiger charge is -2.14. The summed E-state index contributed by atoms with van der Waals surface area (Å²) in [6.45, 7) is 1.54. The number of halogens is 1. The van der Waals surface area contributed by atoms with Gasteiger partial charge in [0.2, 0.25) is 0 Å². The maximum Gasteiger partial charge on any atom is 0.193 e. The average Bonchev–Trinajstić information content (AvgIpc) is 3.19. The Morgan fingerprint density at radius 2 is 1.32 bits per heavy atom. The molecule has 0 saturated carbocycles. The second-order valence-corrected chi connectivity index (χ2v) is 7.33. The molecule has 4 heteroatoms. The molecule has 1 aliphatic rings. The van der Waals surface area contributed by atoms with E-state index in [0.717, 1.165) is 22.3 Å². The molecule has 0 amide bonds. The van der Waals surface area contributed by atoms with E-state index in [1.54, 1.807) is 0 Å². The molecule has 0 saturated heterocycles. The number of rotatable bonds is 5. The molecule has 0 aromatic heterocycles. The van der Waals surface area contributed by atoms with E-state index in [4.69, 9.17) is 0 Å². The van der Waals surface area contributed by atoms with Crippen molar-refractivity contribution >= 4 is 22.7 Å². The van der Waals surface area contributed by atoms with Crippen LogP contribution in [0.3, 0.4) is 0 Å². The fourth-order valence-electron chi connectivity index (χ4n) is 4.07. The van der Waals surface area contributed by atoms with Gasteiger partial charge in [-0.1, -0.05) is 60.7 Å². The van der Waals surface area contributed by atoms with E-state index < -0.39 is 0 Å². The third-order valence-corrected chi connectivity index (χ3v) is 5.40. The summed E-state index contributed by atoms with van der Waals surface area (Å²) in [7, 11) is 0. The smallest absolute Gasteiger partial charge is 0.193 e. The Hall–Kier alpha value is -3.63. The summed E-state index contributed by atoms with van der Waals surface area (Å²) < 4.78 is 13.4. The van der Waals surface area contributed by atoms with E-state index in [1.165, 1.54) is 31.2 Å². The Labute approximate surface area is 180 Å². The van der Waals surface area contributed by atoms with Gasteiger partial charge in [0.15, 0.2) is 11.6 Å². The molecule has 0 fully saturated rings. The predicted octanol–water partition coefficient (Wildman–Crippen LogP) is 5.47. The Morgan fingerprint density at radius 3 is 1.90 bits per heavy atom. The minimum Gasteiger partial charge on any atom is -0.412 e. The third-order valence-electron chi connectivity index (χ3n) is 5.40. The van der Waals surface area contributed by atoms with Gasteiger partial charge in [0, 0.05) is 16.7 Å². The number of benzene rings is 3. The van der Waals surface area contributed by atoms with Gasteiger partial charge in [-0.3, -0.25) is 9.59 Å². The lowest BCUT2D eigenvalue weighted by atomic mass is 9.88. The second-order valence-electron chi connectivity index (χ2n) is 7.33. The van der Waals surface area contributed by atoms with Crippen LogP contribution < -0.4 is 0 Å². The summed E-state index contributed by atoms with van der Waals surface area (Å²) in [5.41, 5.74) is 5.01. The van der Waals surface area contributed by atoms with Crippen LogP contribution in [0.1, 0.15) is 41.3 Å². The van der Waals surface area contributed by atoms with Gasteiger partial charge in [-0.15, -0.1) is 0 Å². The van der Waals surface area contributed by atoms with Crippen molar-refractivity contribution in [3.05, 3.63) is 119 Å². The molecule has 0 heterocycles. The maximum atomic E-state index is 13.6. The zero-order valence-electron chi connectivity index (χ0n) is 17.2. The summed E-state index contributed by atoms with van der Waals surface area (Å²) in [6, 6.07) is 24.8. The predicted molar refractivity (Wildman–Crippen MR) is 121 cm³/mol. The van der Waals surface area contributed by atoms with Crippen molar-refractivity contribution in [2.24, 2.45) is 0 Å². The van der Waals surface area contributed by atoms with Crippen molar-refractivity contribution in [3.63, 3.8) is 0 Å². The zero-order chi connectivity index (χ0) is 21.1. The van der Waals surface area contributed by atoms with Crippen molar-refractivity contribution in [1.29, 1.82) is 0 Å². The molecule has 0 atom stereocenters. The van der Waals surface area contributed by atoms with E-state index in [1.807, 2.05) is 60.7 Å². The molecule has 1 aliphatic carbocycles. The molecule has 0 spiro atoms. The number of Topliss-reactive ketones (excluding diaryl/α,β-unsaturated/α-hetero) is 2. The van der Waals surface area contributed by atoms with Crippen LogP contribution in [0.15, 0.2) is 96.1 Å². The molecule has 2 N–H and O–H groups in total. The van der Waals surface area contributed by atoms with Crippen LogP contribution in [-0.4, -0.2) is 17.0 Å². The minimum absolute atomic E-state index is 0. The van der Waals surface area contributed by atoms with E-state index in [0.29, 0.717) is 29.6 Å². The molecule has 0 aliphatic heterocycles. The largest absolute Gasteiger partial charge is 0.412 e. The molecule has 3 aromatic rings. The fraction of sp³-hybridized carbons (Fsp3) is 0.111. The topological polar surface area (TPSA) is 65.6 Å². The Balaban J connectivity index is 0.00000272. The molecule has 4 rings (SSSR count). The molecule has 3 nitrogen and oxygen atoms in total. The molecule has 0 unspecified atom stereocenters. The molecular formula is C27H23FO3. The minimum atomic E-state index is -0.389. The molecular weight excluding hydrogens is 391 g/mol. The molecule has 156 valence electrons. The fourth-order valence-corrected chi connectivity index (χ4v) is 4.07. The number of hydrogen-bond donors (Lipinski definition) is 0. The van der Waals surface area contributed by atoms with Gasteiger partial charge >= 0.3 is 0 Å². The van der Waals surface area contributed by atoms with Crippen LogP contribution in [0.5, 0.6) is 0 Å². The van der Waals surface area contributed by atoms with E-state index in [-0.39, 0.29) is 22.9 Å².